The van der Waals surface area contributed by atoms with Gasteiger partial charge in [-0.3, -0.25) is 9.69 Å². The molecule has 0 radical (unpaired) electrons. The highest BCUT2D eigenvalue weighted by molar-refractivity contribution is 5.78. The first kappa shape index (κ1) is 14.9. The summed E-state index contributed by atoms with van der Waals surface area (Å²) < 4.78 is 5.19. The maximum atomic E-state index is 12.6. The second-order valence-electron chi connectivity index (χ2n) is 7.30. The molecule has 1 spiro atoms. The fourth-order valence-corrected chi connectivity index (χ4v) is 5.42. The highest BCUT2D eigenvalue weighted by Crippen LogP contribution is 2.61. The number of carbonyl (C=O) groups is 1. The molecule has 0 aromatic heterocycles. The first-order valence-electron chi connectivity index (χ1n) is 8.77. The quantitative estimate of drug-likeness (QED) is 0.629. The summed E-state index contributed by atoms with van der Waals surface area (Å²) in [5.41, 5.74) is 1.54. The maximum absolute atomic E-state index is 12.6. The molecule has 1 saturated heterocycles. The summed E-state index contributed by atoms with van der Waals surface area (Å²) >= 11 is 0. The van der Waals surface area contributed by atoms with Crippen LogP contribution in [0.25, 0.3) is 0 Å². The van der Waals surface area contributed by atoms with Crippen LogP contribution in [0.5, 0.6) is 0 Å². The minimum absolute atomic E-state index is 0.0732. The topological polar surface area (TPSA) is 29.5 Å². The van der Waals surface area contributed by atoms with Crippen molar-refractivity contribution in [2.24, 2.45) is 11.3 Å². The highest BCUT2D eigenvalue weighted by atomic mass is 16.5. The van der Waals surface area contributed by atoms with Gasteiger partial charge in [0.25, 0.3) is 0 Å². The molecule has 2 fully saturated rings. The minimum atomic E-state index is -0.136. The van der Waals surface area contributed by atoms with E-state index in [1.54, 1.807) is 0 Å². The largest absolute Gasteiger partial charge is 0.468 e. The zero-order chi connectivity index (χ0) is 16.0. The summed E-state index contributed by atoms with van der Waals surface area (Å²) in [6.45, 7) is 2.22. The van der Waals surface area contributed by atoms with E-state index in [2.05, 4.69) is 48.2 Å². The van der Waals surface area contributed by atoms with Crippen molar-refractivity contribution in [1.82, 2.24) is 4.90 Å². The fraction of sp³-hybridized carbons (Fsp3) is 0.550. The van der Waals surface area contributed by atoms with Crippen molar-refractivity contribution >= 4 is 5.97 Å². The van der Waals surface area contributed by atoms with Crippen LogP contribution >= 0.6 is 0 Å². The lowest BCUT2D eigenvalue weighted by molar-refractivity contribution is -0.148. The normalized spacial score (nSPS) is 32.5. The second kappa shape index (κ2) is 5.48. The predicted octanol–water partition coefficient (Wildman–Crippen LogP) is 3.72. The summed E-state index contributed by atoms with van der Waals surface area (Å²) in [6.07, 6.45) is 9.70. The molecule has 0 unspecified atom stereocenters. The third-order valence-electron chi connectivity index (χ3n) is 6.44. The molecule has 1 aromatic carbocycles. The Morgan fingerprint density at radius 1 is 1.22 bits per heavy atom. The van der Waals surface area contributed by atoms with E-state index in [0.717, 1.165) is 0 Å². The lowest BCUT2D eigenvalue weighted by Gasteiger charge is -2.37. The van der Waals surface area contributed by atoms with Gasteiger partial charge in [0.15, 0.2) is 0 Å². The Kier molecular flexibility index (Phi) is 3.56. The van der Waals surface area contributed by atoms with Crippen molar-refractivity contribution in [3.63, 3.8) is 0 Å². The van der Waals surface area contributed by atoms with Crippen LogP contribution in [0, 0.1) is 11.3 Å². The molecule has 1 aliphatic heterocycles. The van der Waals surface area contributed by atoms with Crippen LogP contribution in [-0.2, 0) is 9.53 Å². The molecular weight excluding hydrogens is 286 g/mol. The zero-order valence-electron chi connectivity index (χ0n) is 13.9. The van der Waals surface area contributed by atoms with Crippen LogP contribution in [0.4, 0.5) is 0 Å². The van der Waals surface area contributed by atoms with E-state index in [9.17, 15) is 4.79 Å². The zero-order valence-corrected chi connectivity index (χ0v) is 13.9. The van der Waals surface area contributed by atoms with E-state index in [1.807, 2.05) is 6.07 Å². The predicted molar refractivity (Wildman–Crippen MR) is 89.8 cm³/mol. The summed E-state index contributed by atoms with van der Waals surface area (Å²) in [5, 5.41) is 0. The van der Waals surface area contributed by atoms with Gasteiger partial charge in [-0.2, -0.15) is 0 Å². The fourth-order valence-electron chi connectivity index (χ4n) is 5.42. The average Bonchev–Trinajstić information content (AvgIpc) is 3.29. The van der Waals surface area contributed by atoms with E-state index in [0.29, 0.717) is 12.0 Å². The van der Waals surface area contributed by atoms with Gasteiger partial charge in [-0.15, -0.1) is 0 Å². The maximum Gasteiger partial charge on any atom is 0.323 e. The highest BCUT2D eigenvalue weighted by Gasteiger charge is 2.63. The van der Waals surface area contributed by atoms with E-state index < -0.39 is 0 Å². The van der Waals surface area contributed by atoms with Gasteiger partial charge in [0.05, 0.1) is 7.11 Å². The van der Waals surface area contributed by atoms with Crippen LogP contribution < -0.4 is 0 Å². The molecule has 2 aliphatic carbocycles. The number of nitrogens with zero attached hydrogens (tertiary/aromatic N) is 1. The van der Waals surface area contributed by atoms with Crippen LogP contribution in [0.2, 0.25) is 0 Å². The van der Waals surface area contributed by atoms with Crippen LogP contribution in [0.15, 0.2) is 42.5 Å². The first-order chi connectivity index (χ1) is 11.2. The first-order valence-corrected chi connectivity index (χ1v) is 8.77. The van der Waals surface area contributed by atoms with E-state index >= 15 is 0 Å². The number of carbonyl (C=O) groups excluding carboxylic acids is 1. The Morgan fingerprint density at radius 2 is 1.91 bits per heavy atom. The number of esters is 1. The Morgan fingerprint density at radius 3 is 2.57 bits per heavy atom. The molecule has 1 heterocycles. The molecule has 3 aliphatic rings. The van der Waals surface area contributed by atoms with Crippen molar-refractivity contribution in [3.8, 4) is 0 Å². The molecular formula is C20H25NO2. The molecule has 0 amide bonds. The number of hydrogen-bond acceptors (Lipinski definition) is 3. The van der Waals surface area contributed by atoms with Crippen molar-refractivity contribution in [2.45, 2.75) is 50.7 Å². The van der Waals surface area contributed by atoms with Crippen LogP contribution in [0.3, 0.4) is 0 Å². The minimum Gasteiger partial charge on any atom is -0.468 e. The van der Waals surface area contributed by atoms with Crippen molar-refractivity contribution in [2.75, 3.05) is 7.11 Å². The molecule has 1 aromatic rings. The number of hydrogen-bond donors (Lipinski definition) is 0. The van der Waals surface area contributed by atoms with Crippen molar-refractivity contribution < 1.29 is 9.53 Å². The van der Waals surface area contributed by atoms with Gasteiger partial charge >= 0.3 is 5.97 Å². The van der Waals surface area contributed by atoms with Crippen molar-refractivity contribution in [1.29, 1.82) is 0 Å². The summed E-state index contributed by atoms with van der Waals surface area (Å²) in [5.74, 6) is 0.240. The third kappa shape index (κ3) is 2.02. The molecule has 2 bridgehead atoms. The number of benzene rings is 1. The lowest BCUT2D eigenvalue weighted by atomic mass is 9.74. The molecule has 23 heavy (non-hydrogen) atoms. The molecule has 4 atom stereocenters. The van der Waals surface area contributed by atoms with Crippen molar-refractivity contribution in [3.05, 3.63) is 48.0 Å². The molecule has 122 valence electrons. The number of likely N-dealkylation sites (tertiary alicyclic amines) is 1. The Balaban J connectivity index is 1.74. The number of methoxy groups -OCH3 is 1. The average molecular weight is 311 g/mol. The molecule has 1 saturated carbocycles. The molecule has 3 nitrogen and oxygen atoms in total. The smallest absolute Gasteiger partial charge is 0.323 e. The standard InChI is InChI=1S/C20H25NO2/c1-14(15-8-4-3-5-9-15)21-17-11-10-16(18(21)19(22)23-2)20(17)12-6-7-13-20/h3-5,8-11,14,16-18H,6-7,12-13H2,1-2H3/t14-,16-,17-,18+/m0/s1. The van der Waals surface area contributed by atoms with Gasteiger partial charge in [0.1, 0.15) is 6.04 Å². The van der Waals surface area contributed by atoms with Gasteiger partial charge in [-0.1, -0.05) is 55.3 Å². The lowest BCUT2D eigenvalue weighted by Crippen LogP contribution is -2.46. The second-order valence-corrected chi connectivity index (χ2v) is 7.30. The van der Waals surface area contributed by atoms with Crippen LogP contribution in [0.1, 0.15) is 44.2 Å². The van der Waals surface area contributed by atoms with E-state index in [1.165, 1.54) is 38.4 Å². The Labute approximate surface area is 138 Å². The van der Waals surface area contributed by atoms with Crippen LogP contribution in [-0.4, -0.2) is 30.1 Å². The monoisotopic (exact) mass is 311 g/mol. The van der Waals surface area contributed by atoms with Gasteiger partial charge in [-0.25, -0.2) is 0 Å². The van der Waals surface area contributed by atoms with Gasteiger partial charge in [-0.05, 0) is 30.7 Å². The van der Waals surface area contributed by atoms with Gasteiger partial charge in [0.2, 0.25) is 0 Å². The summed E-state index contributed by atoms with van der Waals surface area (Å²) in [4.78, 5) is 15.0. The molecule has 0 N–H and O–H groups in total. The number of rotatable bonds is 3. The SMILES string of the molecule is COC(=O)[C@H]1[C@@H]2C=C[C@H](N1[C@@H](C)c1ccccc1)C21CCCC1. The van der Waals surface area contributed by atoms with Gasteiger partial charge in [0, 0.05) is 18.0 Å². The Bertz CT molecular complexity index is 618. The van der Waals surface area contributed by atoms with E-state index in [-0.39, 0.29) is 23.5 Å². The molecule has 3 heteroatoms. The molecule has 4 rings (SSSR count). The summed E-state index contributed by atoms with van der Waals surface area (Å²) in [7, 11) is 1.52. The third-order valence-corrected chi connectivity index (χ3v) is 6.44. The van der Waals surface area contributed by atoms with Gasteiger partial charge < -0.3 is 4.74 Å². The number of ether oxygens (including phenoxy) is 1. The van der Waals surface area contributed by atoms with E-state index in [4.69, 9.17) is 4.74 Å². The summed E-state index contributed by atoms with van der Waals surface area (Å²) in [6, 6.07) is 11.0. The Hall–Kier alpha value is -1.61.